The first-order valence-electron chi connectivity index (χ1n) is 4.82. The molecule has 1 aromatic rings. The number of benzene rings is 1. The highest BCUT2D eigenvalue weighted by Crippen LogP contribution is 2.28. The number of aldehydes is 1. The number of halogens is 3. The Hall–Kier alpha value is -1.72. The van der Waals surface area contributed by atoms with Gasteiger partial charge in [-0.1, -0.05) is 0 Å². The maximum Gasteiger partial charge on any atom is 0.573 e. The minimum absolute atomic E-state index is 0.214. The normalized spacial score (nSPS) is 11.1. The summed E-state index contributed by atoms with van der Waals surface area (Å²) in [4.78, 5) is 10.2. The Kier molecular flexibility index (Phi) is 4.37. The summed E-state index contributed by atoms with van der Waals surface area (Å²) in [5, 5.41) is 0. The van der Waals surface area contributed by atoms with Crippen LogP contribution in [0.3, 0.4) is 0 Å². The van der Waals surface area contributed by atoms with Crippen molar-refractivity contribution >= 4 is 6.29 Å². The molecule has 0 saturated heterocycles. The molecule has 0 atom stereocenters. The van der Waals surface area contributed by atoms with Crippen LogP contribution >= 0.6 is 0 Å². The zero-order valence-corrected chi connectivity index (χ0v) is 9.08. The van der Waals surface area contributed by atoms with Gasteiger partial charge in [0.25, 0.3) is 0 Å². The molecule has 1 aromatic carbocycles. The van der Waals surface area contributed by atoms with Gasteiger partial charge in [0.05, 0.1) is 7.11 Å². The van der Waals surface area contributed by atoms with Crippen molar-refractivity contribution in [2.75, 3.05) is 7.11 Å². The van der Waals surface area contributed by atoms with Crippen LogP contribution in [0.25, 0.3) is 0 Å². The van der Waals surface area contributed by atoms with Crippen molar-refractivity contribution in [3.05, 3.63) is 23.8 Å². The Morgan fingerprint density at radius 2 is 2.06 bits per heavy atom. The van der Waals surface area contributed by atoms with Crippen LogP contribution in [0.1, 0.15) is 12.0 Å². The highest BCUT2D eigenvalue weighted by Gasteiger charge is 2.31. The molecule has 6 heteroatoms. The van der Waals surface area contributed by atoms with E-state index in [4.69, 9.17) is 4.74 Å². The zero-order chi connectivity index (χ0) is 12.9. The smallest absolute Gasteiger partial charge is 0.496 e. The lowest BCUT2D eigenvalue weighted by Gasteiger charge is -2.12. The molecule has 1 rings (SSSR count). The summed E-state index contributed by atoms with van der Waals surface area (Å²) in [7, 11) is 1.41. The predicted octanol–water partition coefficient (Wildman–Crippen LogP) is 2.73. The van der Waals surface area contributed by atoms with E-state index in [-0.39, 0.29) is 12.2 Å². The molecule has 0 radical (unpaired) electrons. The summed E-state index contributed by atoms with van der Waals surface area (Å²) in [6.45, 7) is 0. The van der Waals surface area contributed by atoms with E-state index in [1.165, 1.54) is 19.2 Å². The van der Waals surface area contributed by atoms with Crippen molar-refractivity contribution in [2.24, 2.45) is 0 Å². The molecule has 0 heterocycles. The van der Waals surface area contributed by atoms with Gasteiger partial charge in [-0.25, -0.2) is 0 Å². The number of hydrogen-bond acceptors (Lipinski definition) is 3. The molecular weight excluding hydrogens is 237 g/mol. The third-order valence-corrected chi connectivity index (χ3v) is 2.02. The lowest BCUT2D eigenvalue weighted by Crippen LogP contribution is -2.17. The molecule has 0 fully saturated rings. The fourth-order valence-corrected chi connectivity index (χ4v) is 1.36. The highest BCUT2D eigenvalue weighted by atomic mass is 19.4. The summed E-state index contributed by atoms with van der Waals surface area (Å²) < 4.78 is 44.7. The number of alkyl halides is 3. The maximum atomic E-state index is 12.0. The second-order valence-corrected chi connectivity index (χ2v) is 3.23. The second-order valence-electron chi connectivity index (χ2n) is 3.23. The molecule has 0 N–H and O–H groups in total. The first kappa shape index (κ1) is 13.3. The maximum absolute atomic E-state index is 12.0. The van der Waals surface area contributed by atoms with E-state index in [1.807, 2.05) is 0 Å². The number of carbonyl (C=O) groups excluding carboxylic acids is 1. The molecule has 94 valence electrons. The zero-order valence-electron chi connectivity index (χ0n) is 9.08. The van der Waals surface area contributed by atoms with E-state index in [1.54, 1.807) is 0 Å². The van der Waals surface area contributed by atoms with Gasteiger partial charge in [-0.15, -0.1) is 13.2 Å². The van der Waals surface area contributed by atoms with E-state index < -0.39 is 6.36 Å². The summed E-state index contributed by atoms with van der Waals surface area (Å²) in [5.74, 6) is 0.112. The van der Waals surface area contributed by atoms with Gasteiger partial charge in [-0.2, -0.15) is 0 Å². The van der Waals surface area contributed by atoms with Gasteiger partial charge in [0, 0.05) is 6.42 Å². The Morgan fingerprint density at radius 1 is 1.35 bits per heavy atom. The molecule has 0 unspecified atom stereocenters. The van der Waals surface area contributed by atoms with E-state index >= 15 is 0 Å². The van der Waals surface area contributed by atoms with Gasteiger partial charge in [-0.3, -0.25) is 0 Å². The van der Waals surface area contributed by atoms with Gasteiger partial charge in [0.1, 0.15) is 17.8 Å². The summed E-state index contributed by atoms with van der Waals surface area (Å²) in [6, 6.07) is 3.76. The number of methoxy groups -OCH3 is 1. The average Bonchev–Trinajstić information content (AvgIpc) is 2.24. The highest BCUT2D eigenvalue weighted by molar-refractivity contribution is 5.51. The third kappa shape index (κ3) is 4.34. The largest absolute Gasteiger partial charge is 0.573 e. The van der Waals surface area contributed by atoms with Gasteiger partial charge < -0.3 is 14.3 Å². The monoisotopic (exact) mass is 248 g/mol. The standard InChI is InChI=1S/C11H11F3O3/c1-16-10-5-4-9(17-11(12,13)14)7-8(10)3-2-6-15/h4-7H,2-3H2,1H3. The van der Waals surface area contributed by atoms with Gasteiger partial charge >= 0.3 is 6.36 Å². The Labute approximate surface area is 96.1 Å². The second kappa shape index (κ2) is 5.56. The molecule has 0 bridgehead atoms. The molecule has 0 saturated carbocycles. The molecule has 0 aliphatic heterocycles. The Bertz CT molecular complexity index is 388. The topological polar surface area (TPSA) is 35.5 Å². The molecule has 0 spiro atoms. The quantitative estimate of drug-likeness (QED) is 0.751. The SMILES string of the molecule is COc1ccc(OC(F)(F)F)cc1CCC=O. The fourth-order valence-electron chi connectivity index (χ4n) is 1.36. The first-order chi connectivity index (χ1) is 7.96. The van der Waals surface area contributed by atoms with Gasteiger partial charge in [-0.05, 0) is 30.2 Å². The van der Waals surface area contributed by atoms with Crippen LogP contribution in [0, 0.1) is 0 Å². The third-order valence-electron chi connectivity index (χ3n) is 2.02. The first-order valence-corrected chi connectivity index (χ1v) is 4.82. The number of ether oxygens (including phenoxy) is 2. The van der Waals surface area contributed by atoms with Crippen molar-refractivity contribution in [1.82, 2.24) is 0 Å². The van der Waals surface area contributed by atoms with Crippen LogP contribution in [-0.4, -0.2) is 19.8 Å². The summed E-state index contributed by atoms with van der Waals surface area (Å²) in [5.41, 5.74) is 0.501. The molecule has 3 nitrogen and oxygen atoms in total. The van der Waals surface area contributed by atoms with Crippen molar-refractivity contribution in [2.45, 2.75) is 19.2 Å². The van der Waals surface area contributed by atoms with Gasteiger partial charge in [0.15, 0.2) is 0 Å². The van der Waals surface area contributed by atoms with Crippen molar-refractivity contribution in [3.8, 4) is 11.5 Å². The van der Waals surface area contributed by atoms with Crippen LogP contribution in [0.4, 0.5) is 13.2 Å². The van der Waals surface area contributed by atoms with E-state index in [9.17, 15) is 18.0 Å². The fraction of sp³-hybridized carbons (Fsp3) is 0.364. The van der Waals surface area contributed by atoms with Crippen LogP contribution < -0.4 is 9.47 Å². The van der Waals surface area contributed by atoms with Crippen LogP contribution in [0.5, 0.6) is 11.5 Å². The lowest BCUT2D eigenvalue weighted by atomic mass is 10.1. The summed E-state index contributed by atoms with van der Waals surface area (Å²) in [6.07, 6.45) is -3.51. The van der Waals surface area contributed by atoms with E-state index in [2.05, 4.69) is 4.74 Å². The van der Waals surface area contributed by atoms with Crippen molar-refractivity contribution in [1.29, 1.82) is 0 Å². The predicted molar refractivity (Wildman–Crippen MR) is 54.1 cm³/mol. The number of aryl methyl sites for hydroxylation is 1. The van der Waals surface area contributed by atoms with Gasteiger partial charge in [0.2, 0.25) is 0 Å². The average molecular weight is 248 g/mol. The molecule has 17 heavy (non-hydrogen) atoms. The molecule has 0 aromatic heterocycles. The van der Waals surface area contributed by atoms with E-state index in [0.717, 1.165) is 6.07 Å². The lowest BCUT2D eigenvalue weighted by molar-refractivity contribution is -0.274. The number of carbonyl (C=O) groups is 1. The van der Waals surface area contributed by atoms with Crippen LogP contribution in [0.2, 0.25) is 0 Å². The summed E-state index contributed by atoms with van der Waals surface area (Å²) >= 11 is 0. The number of hydrogen-bond donors (Lipinski definition) is 0. The minimum atomic E-state index is -4.73. The Morgan fingerprint density at radius 3 is 2.59 bits per heavy atom. The molecule has 0 amide bonds. The molecular formula is C11H11F3O3. The van der Waals surface area contributed by atoms with Crippen LogP contribution in [-0.2, 0) is 11.2 Å². The van der Waals surface area contributed by atoms with Crippen molar-refractivity contribution in [3.63, 3.8) is 0 Å². The molecule has 0 aliphatic carbocycles. The number of rotatable bonds is 5. The minimum Gasteiger partial charge on any atom is -0.496 e. The van der Waals surface area contributed by atoms with Crippen molar-refractivity contribution < 1.29 is 27.4 Å². The molecule has 0 aliphatic rings. The Balaban J connectivity index is 2.91. The van der Waals surface area contributed by atoms with Crippen LogP contribution in [0.15, 0.2) is 18.2 Å². The van der Waals surface area contributed by atoms with E-state index in [0.29, 0.717) is 24.0 Å².